The number of rotatable bonds is 8. The van der Waals surface area contributed by atoms with E-state index in [1.165, 1.54) is 16.7 Å². The smallest absolute Gasteiger partial charge is 0.221 e. The van der Waals surface area contributed by atoms with E-state index in [0.29, 0.717) is 13.0 Å². The Balaban J connectivity index is 1.45. The van der Waals surface area contributed by atoms with Crippen molar-refractivity contribution in [2.75, 3.05) is 33.9 Å². The van der Waals surface area contributed by atoms with Crippen LogP contribution in [0, 0.1) is 0 Å². The lowest BCUT2D eigenvalue weighted by atomic mass is 9.98. The molecule has 0 saturated heterocycles. The van der Waals surface area contributed by atoms with Crippen LogP contribution in [-0.2, 0) is 24.2 Å². The first-order valence-corrected chi connectivity index (χ1v) is 9.46. The molecule has 1 aliphatic rings. The molecule has 0 bridgehead atoms. The van der Waals surface area contributed by atoms with Gasteiger partial charge in [-0.25, -0.2) is 0 Å². The minimum atomic E-state index is 0.115. The van der Waals surface area contributed by atoms with E-state index in [9.17, 15) is 4.79 Å². The third kappa shape index (κ3) is 5.23. The van der Waals surface area contributed by atoms with Gasteiger partial charge in [0.2, 0.25) is 5.91 Å². The zero-order chi connectivity index (χ0) is 19.1. The Morgan fingerprint density at radius 3 is 2.48 bits per heavy atom. The molecule has 2 aromatic carbocycles. The standard InChI is InChI=1S/C22H28N2O3/c1-26-20-14-18-9-12-24(16-19(18)15-21(20)27-2)13-10-22(25)23-11-8-17-6-4-3-5-7-17/h3-7,14-15H,8-13,16H2,1-2H3,(H,23,25). The maximum absolute atomic E-state index is 12.1. The molecule has 0 radical (unpaired) electrons. The Bertz CT molecular complexity index is 762. The second-order valence-electron chi connectivity index (χ2n) is 6.84. The number of methoxy groups -OCH3 is 2. The summed E-state index contributed by atoms with van der Waals surface area (Å²) >= 11 is 0. The zero-order valence-electron chi connectivity index (χ0n) is 16.2. The van der Waals surface area contributed by atoms with E-state index in [2.05, 4.69) is 34.5 Å². The van der Waals surface area contributed by atoms with Crippen LogP contribution in [0.2, 0.25) is 0 Å². The number of fused-ring (bicyclic) bond motifs is 1. The summed E-state index contributed by atoms with van der Waals surface area (Å²) < 4.78 is 10.8. The number of nitrogens with one attached hydrogen (secondary N) is 1. The first-order valence-electron chi connectivity index (χ1n) is 9.46. The maximum Gasteiger partial charge on any atom is 0.221 e. The van der Waals surface area contributed by atoms with Crippen molar-refractivity contribution < 1.29 is 14.3 Å². The van der Waals surface area contributed by atoms with Crippen molar-refractivity contribution in [1.82, 2.24) is 10.2 Å². The summed E-state index contributed by atoms with van der Waals surface area (Å²) in [5, 5.41) is 3.02. The lowest BCUT2D eigenvalue weighted by Gasteiger charge is -2.29. The fourth-order valence-electron chi connectivity index (χ4n) is 3.47. The van der Waals surface area contributed by atoms with Gasteiger partial charge in [-0.05, 0) is 41.7 Å². The Morgan fingerprint density at radius 2 is 1.78 bits per heavy atom. The van der Waals surface area contributed by atoms with E-state index < -0.39 is 0 Å². The summed E-state index contributed by atoms with van der Waals surface area (Å²) in [5.41, 5.74) is 3.80. The summed E-state index contributed by atoms with van der Waals surface area (Å²) in [6.45, 7) is 3.25. The molecular formula is C22H28N2O3. The van der Waals surface area contributed by atoms with E-state index in [0.717, 1.165) is 44.0 Å². The van der Waals surface area contributed by atoms with Crippen LogP contribution in [0.15, 0.2) is 42.5 Å². The van der Waals surface area contributed by atoms with Crippen molar-refractivity contribution in [2.45, 2.75) is 25.8 Å². The SMILES string of the molecule is COc1cc2c(cc1OC)CN(CCC(=O)NCCc1ccccc1)CC2. The molecule has 5 heteroatoms. The highest BCUT2D eigenvalue weighted by molar-refractivity contribution is 5.76. The lowest BCUT2D eigenvalue weighted by molar-refractivity contribution is -0.121. The summed E-state index contributed by atoms with van der Waals surface area (Å²) in [6, 6.07) is 14.3. The molecule has 0 aliphatic carbocycles. The molecule has 1 aliphatic heterocycles. The molecule has 0 unspecified atom stereocenters. The molecule has 2 aromatic rings. The van der Waals surface area contributed by atoms with Crippen LogP contribution in [0.4, 0.5) is 0 Å². The van der Waals surface area contributed by atoms with Crippen LogP contribution < -0.4 is 14.8 Å². The van der Waals surface area contributed by atoms with Gasteiger partial charge < -0.3 is 14.8 Å². The third-order valence-corrected chi connectivity index (χ3v) is 5.03. The fourth-order valence-corrected chi connectivity index (χ4v) is 3.47. The highest BCUT2D eigenvalue weighted by Gasteiger charge is 2.19. The van der Waals surface area contributed by atoms with Gasteiger partial charge in [-0.2, -0.15) is 0 Å². The number of ether oxygens (including phenoxy) is 2. The quantitative estimate of drug-likeness (QED) is 0.778. The minimum absolute atomic E-state index is 0.115. The minimum Gasteiger partial charge on any atom is -0.493 e. The number of nitrogens with zero attached hydrogens (tertiary/aromatic N) is 1. The molecule has 144 valence electrons. The lowest BCUT2D eigenvalue weighted by Crippen LogP contribution is -2.35. The van der Waals surface area contributed by atoms with Gasteiger partial charge in [0, 0.05) is 32.6 Å². The Labute approximate surface area is 161 Å². The first-order chi connectivity index (χ1) is 13.2. The Kier molecular flexibility index (Phi) is 6.71. The van der Waals surface area contributed by atoms with E-state index >= 15 is 0 Å². The fraction of sp³-hybridized carbons (Fsp3) is 0.409. The normalized spacial score (nSPS) is 13.7. The molecule has 3 rings (SSSR count). The van der Waals surface area contributed by atoms with Gasteiger partial charge in [0.1, 0.15) is 0 Å². The van der Waals surface area contributed by atoms with Gasteiger partial charge in [0.05, 0.1) is 14.2 Å². The van der Waals surface area contributed by atoms with Crippen molar-refractivity contribution in [1.29, 1.82) is 0 Å². The van der Waals surface area contributed by atoms with Crippen LogP contribution in [-0.4, -0.2) is 44.7 Å². The van der Waals surface area contributed by atoms with E-state index in [4.69, 9.17) is 9.47 Å². The summed E-state index contributed by atoms with van der Waals surface area (Å²) in [4.78, 5) is 14.5. The van der Waals surface area contributed by atoms with E-state index in [-0.39, 0.29) is 5.91 Å². The molecule has 0 aromatic heterocycles. The molecule has 1 N–H and O–H groups in total. The average molecular weight is 368 g/mol. The van der Waals surface area contributed by atoms with Gasteiger partial charge >= 0.3 is 0 Å². The molecular weight excluding hydrogens is 340 g/mol. The number of amides is 1. The van der Waals surface area contributed by atoms with Crippen LogP contribution >= 0.6 is 0 Å². The van der Waals surface area contributed by atoms with E-state index in [1.54, 1.807) is 14.2 Å². The highest BCUT2D eigenvalue weighted by Crippen LogP contribution is 2.33. The second kappa shape index (κ2) is 9.42. The third-order valence-electron chi connectivity index (χ3n) is 5.03. The summed E-state index contributed by atoms with van der Waals surface area (Å²) in [7, 11) is 3.32. The molecule has 5 nitrogen and oxygen atoms in total. The van der Waals surface area contributed by atoms with Crippen LogP contribution in [0.25, 0.3) is 0 Å². The monoisotopic (exact) mass is 368 g/mol. The number of hydrogen-bond acceptors (Lipinski definition) is 4. The zero-order valence-corrected chi connectivity index (χ0v) is 16.2. The molecule has 27 heavy (non-hydrogen) atoms. The number of carbonyl (C=O) groups excluding carboxylic acids is 1. The Morgan fingerprint density at radius 1 is 1.07 bits per heavy atom. The van der Waals surface area contributed by atoms with Crippen LogP contribution in [0.5, 0.6) is 11.5 Å². The van der Waals surface area contributed by atoms with Gasteiger partial charge in [-0.3, -0.25) is 9.69 Å². The van der Waals surface area contributed by atoms with Gasteiger partial charge in [-0.15, -0.1) is 0 Å². The predicted octanol–water partition coefficient (Wildman–Crippen LogP) is 2.81. The number of carbonyl (C=O) groups is 1. The van der Waals surface area contributed by atoms with Gasteiger partial charge in [0.15, 0.2) is 11.5 Å². The van der Waals surface area contributed by atoms with Crippen molar-refractivity contribution in [3.63, 3.8) is 0 Å². The van der Waals surface area contributed by atoms with Crippen LogP contribution in [0.3, 0.4) is 0 Å². The predicted molar refractivity (Wildman–Crippen MR) is 106 cm³/mol. The van der Waals surface area contributed by atoms with Crippen molar-refractivity contribution in [3.05, 3.63) is 59.2 Å². The average Bonchev–Trinajstić information content (AvgIpc) is 2.71. The number of benzene rings is 2. The van der Waals surface area contributed by atoms with Crippen molar-refractivity contribution in [3.8, 4) is 11.5 Å². The molecule has 1 amide bonds. The highest BCUT2D eigenvalue weighted by atomic mass is 16.5. The summed E-state index contributed by atoms with van der Waals surface area (Å²) in [6.07, 6.45) is 2.36. The van der Waals surface area contributed by atoms with Gasteiger partial charge in [-0.1, -0.05) is 30.3 Å². The number of hydrogen-bond donors (Lipinski definition) is 1. The second-order valence-corrected chi connectivity index (χ2v) is 6.84. The van der Waals surface area contributed by atoms with Gasteiger partial charge in [0.25, 0.3) is 0 Å². The van der Waals surface area contributed by atoms with Crippen LogP contribution in [0.1, 0.15) is 23.1 Å². The molecule has 1 heterocycles. The first kappa shape index (κ1) is 19.2. The molecule has 0 fully saturated rings. The van der Waals surface area contributed by atoms with Crippen molar-refractivity contribution >= 4 is 5.91 Å². The molecule has 0 spiro atoms. The maximum atomic E-state index is 12.1. The summed E-state index contributed by atoms with van der Waals surface area (Å²) in [5.74, 6) is 1.66. The molecule has 0 saturated carbocycles. The topological polar surface area (TPSA) is 50.8 Å². The van der Waals surface area contributed by atoms with Crippen molar-refractivity contribution in [2.24, 2.45) is 0 Å². The molecule has 0 atom stereocenters. The Hall–Kier alpha value is -2.53. The van der Waals surface area contributed by atoms with E-state index in [1.807, 2.05) is 18.2 Å². The largest absolute Gasteiger partial charge is 0.493 e.